The van der Waals surface area contributed by atoms with Crippen LogP contribution in [-0.2, 0) is 0 Å². The lowest BCUT2D eigenvalue weighted by Crippen LogP contribution is -2.28. The van der Waals surface area contributed by atoms with Gasteiger partial charge in [-0.15, -0.1) is 0 Å². The topological polar surface area (TPSA) is 18.5 Å². The Bertz CT molecular complexity index is 817. The Morgan fingerprint density at radius 2 is 1.30 bits per heavy atom. The fourth-order valence-corrected chi connectivity index (χ4v) is 9.67. The second-order valence-corrected chi connectivity index (χ2v) is 11.7. The number of hydrogen-bond donors (Lipinski definition) is 0. The van der Waals surface area contributed by atoms with E-state index in [9.17, 15) is 0 Å². The van der Waals surface area contributed by atoms with Crippen molar-refractivity contribution in [1.82, 2.24) is 0 Å². The van der Waals surface area contributed by atoms with E-state index in [1.54, 1.807) is 0 Å². The van der Waals surface area contributed by atoms with Crippen molar-refractivity contribution in [2.75, 3.05) is 14.2 Å². The largest absolute Gasteiger partial charge is 0.496 e. The second-order valence-electron chi connectivity index (χ2n) is 9.00. The van der Waals surface area contributed by atoms with E-state index < -0.39 is 0 Å². The highest BCUT2D eigenvalue weighted by molar-refractivity contribution is 7.67. The highest BCUT2D eigenvalue weighted by atomic mass is 31.1. The maximum Gasteiger partial charge on any atom is 0.138 e. The molecule has 2 fully saturated rings. The summed E-state index contributed by atoms with van der Waals surface area (Å²) in [6.45, 7) is 2.20. The van der Waals surface area contributed by atoms with Gasteiger partial charge in [0, 0.05) is 5.56 Å². The van der Waals surface area contributed by atoms with Crippen LogP contribution in [0.3, 0.4) is 0 Å². The van der Waals surface area contributed by atoms with Crippen LogP contribution in [0.2, 0.25) is 0 Å². The molecule has 2 aliphatic carbocycles. The number of benzene rings is 2. The smallest absolute Gasteiger partial charge is 0.138 e. The van der Waals surface area contributed by atoms with Crippen LogP contribution >= 0.6 is 7.92 Å². The molecule has 0 saturated heterocycles. The molecule has 2 saturated carbocycles. The molecule has 4 rings (SSSR count). The fraction of sp³-hybridized carbons (Fsp3) is 0.556. The number of hydrogen-bond acceptors (Lipinski definition) is 2. The minimum absolute atomic E-state index is 0.312. The quantitative estimate of drug-likeness (QED) is 0.448. The summed E-state index contributed by atoms with van der Waals surface area (Å²) in [7, 11) is 3.38. The molecule has 2 aromatic carbocycles. The molecule has 0 amide bonds. The Morgan fingerprint density at radius 1 is 0.700 bits per heavy atom. The van der Waals surface area contributed by atoms with Gasteiger partial charge in [-0.3, -0.25) is 0 Å². The summed E-state index contributed by atoms with van der Waals surface area (Å²) in [5, 5.41) is 1.41. The first-order valence-electron chi connectivity index (χ1n) is 11.8. The first-order valence-corrected chi connectivity index (χ1v) is 13.3. The van der Waals surface area contributed by atoms with E-state index in [1.165, 1.54) is 86.2 Å². The van der Waals surface area contributed by atoms with Gasteiger partial charge >= 0.3 is 0 Å². The summed E-state index contributed by atoms with van der Waals surface area (Å²) < 4.78 is 12.2. The standard InChI is InChI=1S/C27H37O2P/c1-20-12-10-11-17-23(20)24-18-19-25(28-2)27(26(24)29-3)30(21-13-6-4-7-14-21)22-15-8-5-9-16-22/h10-12,17-19,21-22H,4-9,13-16H2,1-3H3. The Hall–Kier alpha value is -1.53. The molecular formula is C27H37O2P. The van der Waals surface area contributed by atoms with Crippen LogP contribution in [0.25, 0.3) is 11.1 Å². The molecule has 0 unspecified atom stereocenters. The minimum Gasteiger partial charge on any atom is -0.496 e. The summed E-state index contributed by atoms with van der Waals surface area (Å²) in [6.07, 6.45) is 13.9. The van der Waals surface area contributed by atoms with Crippen molar-refractivity contribution in [3.8, 4) is 22.6 Å². The monoisotopic (exact) mass is 424 g/mol. The molecule has 30 heavy (non-hydrogen) atoms. The average Bonchev–Trinajstić information content (AvgIpc) is 2.81. The van der Waals surface area contributed by atoms with Crippen LogP contribution in [0.1, 0.15) is 69.8 Å². The number of aryl methyl sites for hydroxylation is 1. The van der Waals surface area contributed by atoms with Crippen molar-refractivity contribution in [1.29, 1.82) is 0 Å². The molecule has 0 N–H and O–H groups in total. The molecule has 0 radical (unpaired) electrons. The zero-order valence-electron chi connectivity index (χ0n) is 19.0. The molecule has 2 aliphatic rings. The van der Waals surface area contributed by atoms with E-state index in [2.05, 4.69) is 43.3 Å². The normalized spacial score (nSPS) is 18.5. The Balaban J connectivity index is 1.88. The molecule has 2 aromatic rings. The molecule has 3 heteroatoms. The van der Waals surface area contributed by atoms with Crippen molar-refractivity contribution < 1.29 is 9.47 Å². The van der Waals surface area contributed by atoms with Gasteiger partial charge in [0.1, 0.15) is 11.5 Å². The Labute approximate surface area is 184 Å². The molecule has 0 bridgehead atoms. The van der Waals surface area contributed by atoms with Crippen molar-refractivity contribution in [2.24, 2.45) is 0 Å². The molecule has 162 valence electrons. The molecular weight excluding hydrogens is 387 g/mol. The van der Waals surface area contributed by atoms with Crippen LogP contribution < -0.4 is 14.8 Å². The molecule has 0 aliphatic heterocycles. The van der Waals surface area contributed by atoms with Gasteiger partial charge < -0.3 is 9.47 Å². The lowest BCUT2D eigenvalue weighted by Gasteiger charge is -2.40. The van der Waals surface area contributed by atoms with E-state index in [4.69, 9.17) is 9.47 Å². The van der Waals surface area contributed by atoms with Gasteiger partial charge in [-0.2, -0.15) is 0 Å². The average molecular weight is 425 g/mol. The first-order chi connectivity index (χ1) is 14.7. The third-order valence-electron chi connectivity index (χ3n) is 7.15. The highest BCUT2D eigenvalue weighted by Gasteiger charge is 2.36. The molecule has 0 aromatic heterocycles. The Morgan fingerprint density at radius 3 is 1.83 bits per heavy atom. The first kappa shape index (κ1) is 21.7. The zero-order valence-corrected chi connectivity index (χ0v) is 19.8. The van der Waals surface area contributed by atoms with Gasteiger partial charge in [-0.1, -0.05) is 70.7 Å². The molecule has 0 heterocycles. The SMILES string of the molecule is COc1ccc(-c2ccccc2C)c(OC)c1P(C1CCCCC1)C1CCCCC1. The third-order valence-corrected chi connectivity index (χ3v) is 10.7. The third kappa shape index (κ3) is 4.40. The van der Waals surface area contributed by atoms with Crippen LogP contribution in [0.5, 0.6) is 11.5 Å². The summed E-state index contributed by atoms with van der Waals surface area (Å²) >= 11 is 0. The van der Waals surface area contributed by atoms with E-state index in [-0.39, 0.29) is 7.92 Å². The number of rotatable bonds is 6. The van der Waals surface area contributed by atoms with Crippen LogP contribution in [-0.4, -0.2) is 25.5 Å². The Kier molecular flexibility index (Phi) is 7.37. The van der Waals surface area contributed by atoms with Crippen molar-refractivity contribution in [2.45, 2.75) is 82.4 Å². The van der Waals surface area contributed by atoms with Gasteiger partial charge in [0.15, 0.2) is 0 Å². The maximum atomic E-state index is 6.23. The highest BCUT2D eigenvalue weighted by Crippen LogP contribution is 2.58. The van der Waals surface area contributed by atoms with Crippen molar-refractivity contribution >= 4 is 13.2 Å². The van der Waals surface area contributed by atoms with Gasteiger partial charge in [-0.25, -0.2) is 0 Å². The molecule has 0 atom stereocenters. The molecule has 2 nitrogen and oxygen atoms in total. The number of methoxy groups -OCH3 is 2. The summed E-state index contributed by atoms with van der Waals surface area (Å²) in [6, 6.07) is 13.1. The van der Waals surface area contributed by atoms with Crippen LogP contribution in [0.15, 0.2) is 36.4 Å². The van der Waals surface area contributed by atoms with E-state index >= 15 is 0 Å². The van der Waals surface area contributed by atoms with Gasteiger partial charge in [-0.05, 0) is 67.2 Å². The maximum absolute atomic E-state index is 6.23. The minimum atomic E-state index is -0.312. The lowest BCUT2D eigenvalue weighted by molar-refractivity contribution is 0.401. The summed E-state index contributed by atoms with van der Waals surface area (Å²) in [5.41, 5.74) is 5.43. The van der Waals surface area contributed by atoms with Crippen LogP contribution in [0, 0.1) is 6.92 Å². The molecule has 0 spiro atoms. The van der Waals surface area contributed by atoms with E-state index in [0.29, 0.717) is 0 Å². The second kappa shape index (κ2) is 10.2. The van der Waals surface area contributed by atoms with E-state index in [0.717, 1.165) is 22.8 Å². The van der Waals surface area contributed by atoms with Gasteiger partial charge in [0.05, 0.1) is 19.5 Å². The summed E-state index contributed by atoms with van der Waals surface area (Å²) in [4.78, 5) is 0. The van der Waals surface area contributed by atoms with Gasteiger partial charge in [0.2, 0.25) is 0 Å². The predicted octanol–water partition coefficient (Wildman–Crippen LogP) is 7.45. The lowest BCUT2D eigenvalue weighted by atomic mass is 9.99. The van der Waals surface area contributed by atoms with Crippen LogP contribution in [0.4, 0.5) is 0 Å². The van der Waals surface area contributed by atoms with Gasteiger partial charge in [0.25, 0.3) is 0 Å². The fourth-order valence-electron chi connectivity index (χ4n) is 5.64. The van der Waals surface area contributed by atoms with E-state index in [1.807, 2.05) is 14.2 Å². The number of ether oxygens (including phenoxy) is 2. The predicted molar refractivity (Wildman–Crippen MR) is 130 cm³/mol. The van der Waals surface area contributed by atoms with Crippen molar-refractivity contribution in [3.63, 3.8) is 0 Å². The zero-order chi connectivity index (χ0) is 20.9. The summed E-state index contributed by atoms with van der Waals surface area (Å²) in [5.74, 6) is 2.12. The van der Waals surface area contributed by atoms with Crippen molar-refractivity contribution in [3.05, 3.63) is 42.0 Å².